The second kappa shape index (κ2) is 2.22. The van der Waals surface area contributed by atoms with E-state index in [1.165, 1.54) is 0 Å². The number of rotatable bonds is 0. The number of nitrogens with zero attached hydrogens (tertiary/aromatic N) is 2. The molecule has 11 heavy (non-hydrogen) atoms. The lowest BCUT2D eigenvalue weighted by atomic mass is 9.99. The molecule has 2 rings (SSSR count). The first kappa shape index (κ1) is 6.64. The number of hydrogen-bond acceptors (Lipinski definition) is 3. The number of hydrogen-bond donors (Lipinski definition) is 0. The molecule has 2 heterocycles. The first-order valence-electron chi connectivity index (χ1n) is 3.83. The molecule has 1 aromatic heterocycles. The van der Waals surface area contributed by atoms with Crippen LogP contribution in [0.25, 0.3) is 0 Å². The average molecular weight is 154 g/mol. The van der Waals surface area contributed by atoms with E-state index in [4.69, 9.17) is 0 Å². The predicted molar refractivity (Wildman–Crippen MR) is 33.6 cm³/mol. The van der Waals surface area contributed by atoms with Crippen LogP contribution in [0.2, 0.25) is 0 Å². The number of fused-ring (bicyclic) bond motifs is 1. The lowest BCUT2D eigenvalue weighted by molar-refractivity contribution is -0.774. The lowest BCUT2D eigenvalue weighted by Gasteiger charge is -2.11. The first-order chi connectivity index (χ1) is 5.27. The van der Waals surface area contributed by atoms with Gasteiger partial charge in [-0.15, -0.1) is 0 Å². The maximum absolute atomic E-state index is 11.0. The van der Waals surface area contributed by atoms with Gasteiger partial charge in [-0.05, 0) is 5.92 Å². The SMILES string of the molecule is C[C@@H]1CC[n+]2noc([O-])c2C1. The van der Waals surface area contributed by atoms with Crippen LogP contribution in [0.4, 0.5) is 0 Å². The summed E-state index contributed by atoms with van der Waals surface area (Å²) in [6.07, 6.45) is 1.89. The summed E-state index contributed by atoms with van der Waals surface area (Å²) in [7, 11) is 0. The highest BCUT2D eigenvalue weighted by Gasteiger charge is 2.25. The summed E-state index contributed by atoms with van der Waals surface area (Å²) >= 11 is 0. The minimum absolute atomic E-state index is 0.267. The van der Waals surface area contributed by atoms with Gasteiger partial charge in [0, 0.05) is 12.8 Å². The summed E-state index contributed by atoms with van der Waals surface area (Å²) in [4.78, 5) is 0. The van der Waals surface area contributed by atoms with Crippen LogP contribution >= 0.6 is 0 Å². The van der Waals surface area contributed by atoms with Gasteiger partial charge in [-0.25, -0.2) is 0 Å². The Hall–Kier alpha value is -1.06. The van der Waals surface area contributed by atoms with Crippen LogP contribution in [0, 0.1) is 5.92 Å². The number of aryl methyl sites for hydroxylation is 1. The summed E-state index contributed by atoms with van der Waals surface area (Å²) < 4.78 is 6.19. The Labute approximate surface area is 64.4 Å². The zero-order valence-electron chi connectivity index (χ0n) is 6.41. The quantitative estimate of drug-likeness (QED) is 0.478. The van der Waals surface area contributed by atoms with Crippen molar-refractivity contribution in [3.05, 3.63) is 5.69 Å². The van der Waals surface area contributed by atoms with Crippen molar-refractivity contribution in [1.82, 2.24) is 5.27 Å². The molecule has 0 saturated carbocycles. The molecule has 4 nitrogen and oxygen atoms in total. The Morgan fingerprint density at radius 3 is 3.36 bits per heavy atom. The minimum Gasteiger partial charge on any atom is -0.539 e. The molecule has 0 spiro atoms. The van der Waals surface area contributed by atoms with E-state index in [1.54, 1.807) is 4.68 Å². The third-order valence-electron chi connectivity index (χ3n) is 2.15. The fourth-order valence-corrected chi connectivity index (χ4v) is 1.43. The van der Waals surface area contributed by atoms with E-state index in [0.717, 1.165) is 25.1 Å². The van der Waals surface area contributed by atoms with Crippen LogP contribution in [0.15, 0.2) is 4.52 Å². The van der Waals surface area contributed by atoms with Gasteiger partial charge in [-0.2, -0.15) is 0 Å². The molecule has 1 aliphatic rings. The maximum Gasteiger partial charge on any atom is 0.233 e. The monoisotopic (exact) mass is 154 g/mol. The van der Waals surface area contributed by atoms with Crippen molar-refractivity contribution in [2.24, 2.45) is 5.92 Å². The molecule has 0 aliphatic carbocycles. The Morgan fingerprint density at radius 1 is 1.73 bits per heavy atom. The highest BCUT2D eigenvalue weighted by atomic mass is 16.6. The Morgan fingerprint density at radius 2 is 2.55 bits per heavy atom. The third-order valence-corrected chi connectivity index (χ3v) is 2.15. The fourth-order valence-electron chi connectivity index (χ4n) is 1.43. The topological polar surface area (TPSA) is 53.0 Å². The van der Waals surface area contributed by atoms with Gasteiger partial charge in [-0.3, -0.25) is 0 Å². The molecule has 0 amide bonds. The van der Waals surface area contributed by atoms with E-state index in [2.05, 4.69) is 16.7 Å². The van der Waals surface area contributed by atoms with Crippen molar-refractivity contribution in [1.29, 1.82) is 0 Å². The van der Waals surface area contributed by atoms with Gasteiger partial charge < -0.3 is 9.63 Å². The van der Waals surface area contributed by atoms with Crippen molar-refractivity contribution < 1.29 is 14.3 Å². The Balaban J connectivity index is 2.37. The van der Waals surface area contributed by atoms with Gasteiger partial charge in [0.25, 0.3) is 0 Å². The summed E-state index contributed by atoms with van der Waals surface area (Å²) in [5, 5.41) is 14.6. The van der Waals surface area contributed by atoms with E-state index in [-0.39, 0.29) is 5.95 Å². The molecule has 4 heteroatoms. The minimum atomic E-state index is -0.267. The largest absolute Gasteiger partial charge is 0.539 e. The third kappa shape index (κ3) is 0.982. The lowest BCUT2D eigenvalue weighted by Crippen LogP contribution is -2.44. The normalized spacial score (nSPS) is 23.2. The number of aromatic nitrogens is 2. The van der Waals surface area contributed by atoms with Crippen LogP contribution in [-0.2, 0) is 13.0 Å². The summed E-state index contributed by atoms with van der Waals surface area (Å²) in [5.74, 6) is 0.318. The van der Waals surface area contributed by atoms with Crippen LogP contribution in [0.5, 0.6) is 5.95 Å². The summed E-state index contributed by atoms with van der Waals surface area (Å²) in [5.41, 5.74) is 0.726. The van der Waals surface area contributed by atoms with E-state index >= 15 is 0 Å². The zero-order chi connectivity index (χ0) is 7.84. The highest BCUT2D eigenvalue weighted by Crippen LogP contribution is 2.18. The van der Waals surface area contributed by atoms with Crippen LogP contribution < -0.4 is 9.79 Å². The summed E-state index contributed by atoms with van der Waals surface area (Å²) in [6, 6.07) is 0. The van der Waals surface area contributed by atoms with Gasteiger partial charge >= 0.3 is 0 Å². The average Bonchev–Trinajstić information content (AvgIpc) is 2.33. The van der Waals surface area contributed by atoms with E-state index in [9.17, 15) is 5.11 Å². The van der Waals surface area contributed by atoms with Crippen molar-refractivity contribution in [3.63, 3.8) is 0 Å². The maximum atomic E-state index is 11.0. The van der Waals surface area contributed by atoms with Crippen LogP contribution in [0.1, 0.15) is 19.0 Å². The molecule has 1 aromatic rings. The molecule has 0 N–H and O–H groups in total. The van der Waals surface area contributed by atoms with Crippen molar-refractivity contribution in [3.8, 4) is 5.95 Å². The molecule has 1 atom stereocenters. The molecular formula is C7H10N2O2. The smallest absolute Gasteiger partial charge is 0.233 e. The van der Waals surface area contributed by atoms with Crippen LogP contribution in [-0.4, -0.2) is 5.27 Å². The Bertz CT molecular complexity index is 269. The van der Waals surface area contributed by atoms with Crippen molar-refractivity contribution in [2.75, 3.05) is 0 Å². The summed E-state index contributed by atoms with van der Waals surface area (Å²) in [6.45, 7) is 2.96. The van der Waals surface area contributed by atoms with Gasteiger partial charge in [0.05, 0.1) is 5.27 Å². The van der Waals surface area contributed by atoms with E-state index in [0.29, 0.717) is 5.92 Å². The van der Waals surface area contributed by atoms with E-state index < -0.39 is 0 Å². The van der Waals surface area contributed by atoms with Crippen molar-refractivity contribution in [2.45, 2.75) is 26.3 Å². The zero-order valence-corrected chi connectivity index (χ0v) is 6.41. The van der Waals surface area contributed by atoms with E-state index in [1.807, 2.05) is 0 Å². The van der Waals surface area contributed by atoms with Gasteiger partial charge in [-0.1, -0.05) is 11.6 Å². The fraction of sp³-hybridized carbons (Fsp3) is 0.714. The molecule has 60 valence electrons. The molecule has 0 radical (unpaired) electrons. The first-order valence-corrected chi connectivity index (χ1v) is 3.83. The molecule has 0 bridgehead atoms. The van der Waals surface area contributed by atoms with Gasteiger partial charge in [0.15, 0.2) is 12.5 Å². The molecule has 1 aliphatic heterocycles. The molecule has 0 fully saturated rings. The molecule has 0 saturated heterocycles. The molecule has 0 aromatic carbocycles. The van der Waals surface area contributed by atoms with Gasteiger partial charge in [0.1, 0.15) is 0 Å². The van der Waals surface area contributed by atoms with Gasteiger partial charge in [0.2, 0.25) is 5.69 Å². The second-order valence-corrected chi connectivity index (χ2v) is 3.13. The molecular weight excluding hydrogens is 144 g/mol. The van der Waals surface area contributed by atoms with Crippen LogP contribution in [0.3, 0.4) is 0 Å². The standard InChI is InChI=1S/C7H10N2O2/c1-5-2-3-9-6(4-5)7(10)11-8-9/h5H,2-4H2,1H3/t5-/m1/s1. The van der Waals surface area contributed by atoms with Crippen molar-refractivity contribution >= 4 is 0 Å². The Kier molecular flexibility index (Phi) is 1.34. The molecule has 0 unspecified atom stereocenters. The second-order valence-electron chi connectivity index (χ2n) is 3.13. The highest BCUT2D eigenvalue weighted by molar-refractivity contribution is 5.04. The predicted octanol–water partition coefficient (Wildman–Crippen LogP) is -0.382.